The molecule has 0 N–H and O–H groups in total. The molecule has 4 heteroatoms. The van der Waals surface area contributed by atoms with E-state index in [1.165, 1.54) is 76.3 Å². The molecule has 122 valence electrons. The zero-order valence-electron chi connectivity index (χ0n) is 14.5. The maximum absolute atomic E-state index is 5.69. The van der Waals surface area contributed by atoms with Gasteiger partial charge in [0.25, 0.3) is 0 Å². The normalized spacial score (nSPS) is 14.4. The van der Waals surface area contributed by atoms with Crippen LogP contribution < -0.4 is 0 Å². The first-order valence-electron chi connectivity index (χ1n) is 9.02. The molecule has 0 aromatic carbocycles. The van der Waals surface area contributed by atoms with Crippen LogP contribution in [0.4, 0.5) is 0 Å². The second kappa shape index (κ2) is 15.7. The molecule has 0 fully saturated rings. The molecule has 0 rings (SSSR count). The molecule has 2 unspecified atom stereocenters. The standard InChI is InChI=1S/C16H38O2Si2/c1-5-7-9-11-13-15-19(3)17-18-20(4)16-14-12-10-8-6-2/h19-20H,5-16H2,1-4H3. The zero-order chi connectivity index (χ0) is 15.1. The summed E-state index contributed by atoms with van der Waals surface area (Å²) in [5, 5.41) is 0. The van der Waals surface area contributed by atoms with Crippen molar-refractivity contribution in [3.05, 3.63) is 0 Å². The summed E-state index contributed by atoms with van der Waals surface area (Å²) in [6, 6.07) is 2.56. The Bertz CT molecular complexity index is 171. The van der Waals surface area contributed by atoms with Crippen LogP contribution in [0.2, 0.25) is 25.2 Å². The fraction of sp³-hybridized carbons (Fsp3) is 1.00. The van der Waals surface area contributed by atoms with Crippen LogP contribution in [-0.4, -0.2) is 18.1 Å². The summed E-state index contributed by atoms with van der Waals surface area (Å²) in [4.78, 5) is 0. The van der Waals surface area contributed by atoms with E-state index >= 15 is 0 Å². The molecule has 0 aromatic rings. The van der Waals surface area contributed by atoms with Crippen molar-refractivity contribution >= 4 is 18.1 Å². The van der Waals surface area contributed by atoms with Gasteiger partial charge in [-0.3, -0.25) is 0 Å². The van der Waals surface area contributed by atoms with Gasteiger partial charge >= 0.3 is 0 Å². The van der Waals surface area contributed by atoms with E-state index in [4.69, 9.17) is 9.15 Å². The molecule has 2 atom stereocenters. The van der Waals surface area contributed by atoms with Crippen LogP contribution in [0.15, 0.2) is 0 Å². The molecule has 20 heavy (non-hydrogen) atoms. The van der Waals surface area contributed by atoms with E-state index in [0.717, 1.165) is 0 Å². The molecule has 0 aliphatic carbocycles. The Kier molecular flexibility index (Phi) is 16.0. The van der Waals surface area contributed by atoms with Gasteiger partial charge in [-0.2, -0.15) is 0 Å². The minimum Gasteiger partial charge on any atom is -0.302 e. The summed E-state index contributed by atoms with van der Waals surface area (Å²) in [5.74, 6) is 0. The molecule has 0 spiro atoms. The van der Waals surface area contributed by atoms with E-state index in [9.17, 15) is 0 Å². The topological polar surface area (TPSA) is 18.5 Å². The molecule has 0 saturated heterocycles. The third-order valence-electron chi connectivity index (χ3n) is 3.81. The third kappa shape index (κ3) is 14.8. The van der Waals surface area contributed by atoms with Crippen LogP contribution in [0.5, 0.6) is 0 Å². The van der Waals surface area contributed by atoms with Gasteiger partial charge in [0.15, 0.2) is 0 Å². The molecule has 0 aliphatic rings. The van der Waals surface area contributed by atoms with Crippen molar-refractivity contribution in [2.75, 3.05) is 0 Å². The van der Waals surface area contributed by atoms with Gasteiger partial charge in [-0.1, -0.05) is 78.1 Å². The van der Waals surface area contributed by atoms with E-state index in [2.05, 4.69) is 26.9 Å². The lowest BCUT2D eigenvalue weighted by Gasteiger charge is -2.15. The van der Waals surface area contributed by atoms with Gasteiger partial charge in [0.2, 0.25) is 18.1 Å². The minimum absolute atomic E-state index is 1.05. The average Bonchev–Trinajstić information content (AvgIpc) is 2.44. The highest BCUT2D eigenvalue weighted by molar-refractivity contribution is 6.52. The predicted octanol–water partition coefficient (Wildman–Crippen LogP) is 5.58. The first-order chi connectivity index (χ1) is 9.70. The molecule has 0 bridgehead atoms. The molecule has 0 aromatic heterocycles. The molecule has 0 radical (unpaired) electrons. The van der Waals surface area contributed by atoms with Crippen LogP contribution >= 0.6 is 0 Å². The summed E-state index contributed by atoms with van der Waals surface area (Å²) in [5.41, 5.74) is 0. The van der Waals surface area contributed by atoms with E-state index < -0.39 is 18.1 Å². The molecular formula is C16H38O2Si2. The number of hydrogen-bond donors (Lipinski definition) is 0. The summed E-state index contributed by atoms with van der Waals surface area (Å²) in [6.45, 7) is 9.09. The van der Waals surface area contributed by atoms with Gasteiger partial charge in [-0.05, 0) is 25.2 Å². The van der Waals surface area contributed by atoms with Gasteiger partial charge in [0.05, 0.1) is 0 Å². The van der Waals surface area contributed by atoms with Crippen LogP contribution in [0.25, 0.3) is 0 Å². The lowest BCUT2D eigenvalue weighted by atomic mass is 10.2. The van der Waals surface area contributed by atoms with Gasteiger partial charge in [0.1, 0.15) is 0 Å². The highest BCUT2D eigenvalue weighted by Gasteiger charge is 2.10. The van der Waals surface area contributed by atoms with Gasteiger partial charge in [-0.15, -0.1) is 0 Å². The summed E-state index contributed by atoms with van der Waals surface area (Å²) >= 11 is 0. The average molecular weight is 319 g/mol. The molecule has 0 saturated carbocycles. The van der Waals surface area contributed by atoms with Gasteiger partial charge < -0.3 is 9.15 Å². The third-order valence-corrected chi connectivity index (χ3v) is 7.36. The zero-order valence-corrected chi connectivity index (χ0v) is 16.8. The van der Waals surface area contributed by atoms with Crippen LogP contribution in [-0.2, 0) is 9.15 Å². The lowest BCUT2D eigenvalue weighted by molar-refractivity contribution is -0.111. The first kappa shape index (κ1) is 20.4. The largest absolute Gasteiger partial charge is 0.302 e. The summed E-state index contributed by atoms with van der Waals surface area (Å²) in [7, 11) is -2.10. The maximum Gasteiger partial charge on any atom is 0.219 e. The molecule has 0 heterocycles. The van der Waals surface area contributed by atoms with E-state index in [-0.39, 0.29) is 0 Å². The first-order valence-corrected chi connectivity index (χ1v) is 13.9. The molecule has 0 aliphatic heterocycles. The lowest BCUT2D eigenvalue weighted by Crippen LogP contribution is -2.21. The summed E-state index contributed by atoms with van der Waals surface area (Å²) < 4.78 is 11.4. The van der Waals surface area contributed by atoms with E-state index in [1.54, 1.807) is 0 Å². The Morgan fingerprint density at radius 1 is 0.550 bits per heavy atom. The Balaban J connectivity index is 3.32. The maximum atomic E-state index is 5.69. The SMILES string of the molecule is CCCCCCC[SiH](C)OO[SiH](C)CCCCCCC. The second-order valence-electron chi connectivity index (χ2n) is 6.22. The monoisotopic (exact) mass is 318 g/mol. The molecular weight excluding hydrogens is 280 g/mol. The van der Waals surface area contributed by atoms with Crippen molar-refractivity contribution in [2.24, 2.45) is 0 Å². The smallest absolute Gasteiger partial charge is 0.219 e. The van der Waals surface area contributed by atoms with E-state index in [1.807, 2.05) is 0 Å². The Labute approximate surface area is 131 Å². The Morgan fingerprint density at radius 3 is 1.25 bits per heavy atom. The Hall–Kier alpha value is 0.354. The predicted molar refractivity (Wildman–Crippen MR) is 95.3 cm³/mol. The molecule has 2 nitrogen and oxygen atoms in total. The van der Waals surface area contributed by atoms with Crippen molar-refractivity contribution in [3.63, 3.8) is 0 Å². The fourth-order valence-electron chi connectivity index (χ4n) is 2.36. The van der Waals surface area contributed by atoms with Crippen molar-refractivity contribution < 1.29 is 9.15 Å². The number of unbranched alkanes of at least 4 members (excludes halogenated alkanes) is 8. The van der Waals surface area contributed by atoms with Crippen LogP contribution in [0.3, 0.4) is 0 Å². The highest BCUT2D eigenvalue weighted by atomic mass is 28.3. The number of hydrogen-bond acceptors (Lipinski definition) is 2. The minimum atomic E-state index is -1.05. The number of rotatable bonds is 15. The quantitative estimate of drug-likeness (QED) is 0.170. The van der Waals surface area contributed by atoms with Gasteiger partial charge in [-0.25, -0.2) is 0 Å². The van der Waals surface area contributed by atoms with Crippen molar-refractivity contribution in [1.29, 1.82) is 0 Å². The Morgan fingerprint density at radius 2 is 0.900 bits per heavy atom. The van der Waals surface area contributed by atoms with Crippen molar-refractivity contribution in [3.8, 4) is 0 Å². The van der Waals surface area contributed by atoms with E-state index in [0.29, 0.717) is 0 Å². The van der Waals surface area contributed by atoms with Crippen molar-refractivity contribution in [2.45, 2.75) is 103 Å². The molecule has 0 amide bonds. The van der Waals surface area contributed by atoms with Crippen LogP contribution in [0.1, 0.15) is 78.1 Å². The van der Waals surface area contributed by atoms with Gasteiger partial charge in [0, 0.05) is 0 Å². The highest BCUT2D eigenvalue weighted by Crippen LogP contribution is 2.11. The van der Waals surface area contributed by atoms with Crippen LogP contribution in [0, 0.1) is 0 Å². The summed E-state index contributed by atoms with van der Waals surface area (Å²) in [6.07, 6.45) is 13.6. The van der Waals surface area contributed by atoms with Crippen molar-refractivity contribution in [1.82, 2.24) is 0 Å². The second-order valence-corrected chi connectivity index (χ2v) is 11.0. The fourth-order valence-corrected chi connectivity index (χ4v) is 5.79.